The summed E-state index contributed by atoms with van der Waals surface area (Å²) in [6.07, 6.45) is 5.54. The van der Waals surface area contributed by atoms with Crippen LogP contribution in [0.2, 0.25) is 0 Å². The number of amides is 1. The zero-order chi connectivity index (χ0) is 13.0. The predicted octanol–water partition coefficient (Wildman–Crippen LogP) is 0.913. The molecule has 2 rings (SSSR count). The molecular formula is C12H14N4O2. The Bertz CT molecular complexity index is 542. The van der Waals surface area contributed by atoms with Gasteiger partial charge in [-0.3, -0.25) is 9.59 Å². The maximum Gasteiger partial charge on any atom is 0.267 e. The van der Waals surface area contributed by atoms with E-state index in [0.29, 0.717) is 24.2 Å². The molecule has 0 aliphatic carbocycles. The minimum absolute atomic E-state index is 0.0669. The number of hydrogen-bond donors (Lipinski definition) is 3. The van der Waals surface area contributed by atoms with Gasteiger partial charge in [-0.2, -0.15) is 0 Å². The van der Waals surface area contributed by atoms with Crippen molar-refractivity contribution in [2.24, 2.45) is 0 Å². The molecule has 0 bridgehead atoms. The van der Waals surface area contributed by atoms with Crippen LogP contribution in [0.1, 0.15) is 33.5 Å². The van der Waals surface area contributed by atoms with Crippen LogP contribution in [0.3, 0.4) is 0 Å². The van der Waals surface area contributed by atoms with Crippen molar-refractivity contribution in [2.75, 3.05) is 6.54 Å². The van der Waals surface area contributed by atoms with E-state index in [0.717, 1.165) is 5.69 Å². The van der Waals surface area contributed by atoms with Gasteiger partial charge in [0.05, 0.1) is 6.33 Å². The minimum atomic E-state index is -0.220. The second kappa shape index (κ2) is 5.31. The highest BCUT2D eigenvalue weighted by Gasteiger charge is 2.09. The average Bonchev–Trinajstić information content (AvgIpc) is 2.99. The Hall–Kier alpha value is -2.37. The third kappa shape index (κ3) is 2.85. The van der Waals surface area contributed by atoms with Crippen LogP contribution in [-0.4, -0.2) is 33.2 Å². The molecule has 6 heteroatoms. The molecule has 2 heterocycles. The molecular weight excluding hydrogens is 232 g/mol. The van der Waals surface area contributed by atoms with E-state index in [9.17, 15) is 9.59 Å². The lowest BCUT2D eigenvalue weighted by Gasteiger charge is -2.01. The van der Waals surface area contributed by atoms with Crippen molar-refractivity contribution in [1.82, 2.24) is 20.3 Å². The van der Waals surface area contributed by atoms with Gasteiger partial charge in [0, 0.05) is 36.6 Å². The highest BCUT2D eigenvalue weighted by Crippen LogP contribution is 2.04. The van der Waals surface area contributed by atoms with Crippen LogP contribution < -0.4 is 5.32 Å². The molecule has 0 radical (unpaired) electrons. The van der Waals surface area contributed by atoms with Crippen molar-refractivity contribution >= 4 is 11.7 Å². The van der Waals surface area contributed by atoms with Crippen molar-refractivity contribution in [1.29, 1.82) is 0 Å². The first-order valence-electron chi connectivity index (χ1n) is 5.61. The maximum absolute atomic E-state index is 11.7. The average molecular weight is 246 g/mol. The van der Waals surface area contributed by atoms with Crippen molar-refractivity contribution in [3.8, 4) is 0 Å². The number of aromatic amines is 2. The van der Waals surface area contributed by atoms with Crippen LogP contribution in [0.5, 0.6) is 0 Å². The first kappa shape index (κ1) is 12.1. The summed E-state index contributed by atoms with van der Waals surface area (Å²) in [4.78, 5) is 32.4. The van der Waals surface area contributed by atoms with E-state index >= 15 is 0 Å². The van der Waals surface area contributed by atoms with E-state index in [-0.39, 0.29) is 11.7 Å². The van der Waals surface area contributed by atoms with Crippen LogP contribution >= 0.6 is 0 Å². The number of nitrogens with zero attached hydrogens (tertiary/aromatic N) is 1. The number of ketones is 1. The first-order chi connectivity index (χ1) is 8.66. The molecule has 0 fully saturated rings. The van der Waals surface area contributed by atoms with Crippen LogP contribution in [-0.2, 0) is 6.42 Å². The van der Waals surface area contributed by atoms with E-state index in [1.165, 1.54) is 13.1 Å². The van der Waals surface area contributed by atoms with Crippen molar-refractivity contribution in [3.63, 3.8) is 0 Å². The lowest BCUT2D eigenvalue weighted by Crippen LogP contribution is -2.26. The summed E-state index contributed by atoms with van der Waals surface area (Å²) in [5.74, 6) is -0.287. The van der Waals surface area contributed by atoms with Gasteiger partial charge in [-0.15, -0.1) is 0 Å². The summed E-state index contributed by atoms with van der Waals surface area (Å²) in [5.41, 5.74) is 1.87. The fraction of sp³-hybridized carbons (Fsp3) is 0.250. The lowest BCUT2D eigenvalue weighted by atomic mass is 10.2. The minimum Gasteiger partial charge on any atom is -0.356 e. The molecule has 0 spiro atoms. The van der Waals surface area contributed by atoms with Gasteiger partial charge in [0.1, 0.15) is 5.69 Å². The van der Waals surface area contributed by atoms with E-state index < -0.39 is 0 Å². The predicted molar refractivity (Wildman–Crippen MR) is 65.4 cm³/mol. The Kier molecular flexibility index (Phi) is 3.57. The number of carbonyl (C=O) groups excluding carboxylic acids is 2. The smallest absolute Gasteiger partial charge is 0.267 e. The molecule has 18 heavy (non-hydrogen) atoms. The molecule has 0 unspecified atom stereocenters. The van der Waals surface area contributed by atoms with Gasteiger partial charge in [0.25, 0.3) is 5.91 Å². The molecule has 2 aromatic rings. The van der Waals surface area contributed by atoms with Crippen molar-refractivity contribution in [2.45, 2.75) is 13.3 Å². The topological polar surface area (TPSA) is 90.6 Å². The number of rotatable bonds is 5. The third-order valence-electron chi connectivity index (χ3n) is 2.57. The number of nitrogens with one attached hydrogen (secondary N) is 3. The fourth-order valence-electron chi connectivity index (χ4n) is 1.56. The van der Waals surface area contributed by atoms with Gasteiger partial charge in [0.15, 0.2) is 5.78 Å². The van der Waals surface area contributed by atoms with Gasteiger partial charge in [0.2, 0.25) is 0 Å². The number of Topliss-reactive ketones (excluding diaryl/α,β-unsaturated/α-hetero) is 1. The summed E-state index contributed by atoms with van der Waals surface area (Å²) in [5, 5.41) is 2.76. The zero-order valence-corrected chi connectivity index (χ0v) is 9.99. The second-order valence-electron chi connectivity index (χ2n) is 3.94. The normalized spacial score (nSPS) is 10.3. The summed E-state index contributed by atoms with van der Waals surface area (Å²) in [7, 11) is 0. The first-order valence-corrected chi connectivity index (χ1v) is 5.61. The van der Waals surface area contributed by atoms with Crippen LogP contribution in [0.15, 0.2) is 24.8 Å². The van der Waals surface area contributed by atoms with Gasteiger partial charge in [-0.05, 0) is 13.0 Å². The number of carbonyl (C=O) groups is 2. The molecule has 0 aliphatic heterocycles. The Morgan fingerprint density at radius 2 is 2.22 bits per heavy atom. The Morgan fingerprint density at radius 3 is 2.83 bits per heavy atom. The zero-order valence-electron chi connectivity index (χ0n) is 9.99. The van der Waals surface area contributed by atoms with Crippen LogP contribution in [0, 0.1) is 0 Å². The highest BCUT2D eigenvalue weighted by molar-refractivity contribution is 5.99. The maximum atomic E-state index is 11.7. The highest BCUT2D eigenvalue weighted by atomic mass is 16.2. The number of hydrogen-bond acceptors (Lipinski definition) is 3. The van der Waals surface area contributed by atoms with Crippen LogP contribution in [0.4, 0.5) is 0 Å². The van der Waals surface area contributed by atoms with E-state index in [1.54, 1.807) is 18.6 Å². The number of H-pyrrole nitrogens is 2. The van der Waals surface area contributed by atoms with Gasteiger partial charge in [-0.1, -0.05) is 0 Å². The van der Waals surface area contributed by atoms with Gasteiger partial charge < -0.3 is 15.3 Å². The quantitative estimate of drug-likeness (QED) is 0.685. The second-order valence-corrected chi connectivity index (χ2v) is 3.94. The molecule has 1 amide bonds. The number of aromatic nitrogens is 3. The summed E-state index contributed by atoms with van der Waals surface area (Å²) < 4.78 is 0. The summed E-state index contributed by atoms with van der Waals surface area (Å²) >= 11 is 0. The molecule has 0 saturated heterocycles. The molecule has 0 aliphatic rings. The molecule has 0 saturated carbocycles. The van der Waals surface area contributed by atoms with E-state index in [2.05, 4.69) is 20.3 Å². The van der Waals surface area contributed by atoms with Gasteiger partial charge in [-0.25, -0.2) is 4.98 Å². The standard InChI is InChI=1S/C12H14N4O2/c1-8(17)9-4-11(15-5-9)12(18)14-3-2-10-6-13-7-16-10/h4-7,15H,2-3H2,1H3,(H,13,16)(H,14,18). The molecule has 0 atom stereocenters. The van der Waals surface area contributed by atoms with Crippen molar-refractivity contribution < 1.29 is 9.59 Å². The summed E-state index contributed by atoms with van der Waals surface area (Å²) in [6, 6.07) is 1.55. The van der Waals surface area contributed by atoms with Crippen LogP contribution in [0.25, 0.3) is 0 Å². The van der Waals surface area contributed by atoms with E-state index in [4.69, 9.17) is 0 Å². The molecule has 2 aromatic heterocycles. The Morgan fingerprint density at radius 1 is 1.39 bits per heavy atom. The molecule has 0 aromatic carbocycles. The molecule has 94 valence electrons. The SMILES string of the molecule is CC(=O)c1c[nH]c(C(=O)NCCc2cnc[nH]2)c1. The summed E-state index contributed by atoms with van der Waals surface area (Å²) in [6.45, 7) is 1.97. The lowest BCUT2D eigenvalue weighted by molar-refractivity contribution is 0.0949. The largest absolute Gasteiger partial charge is 0.356 e. The number of imidazole rings is 1. The van der Waals surface area contributed by atoms with Gasteiger partial charge >= 0.3 is 0 Å². The Labute approximate surface area is 104 Å². The fourth-order valence-corrected chi connectivity index (χ4v) is 1.56. The third-order valence-corrected chi connectivity index (χ3v) is 2.57. The molecule has 3 N–H and O–H groups in total. The monoisotopic (exact) mass is 246 g/mol. The van der Waals surface area contributed by atoms with E-state index in [1.807, 2.05) is 0 Å². The Balaban J connectivity index is 1.85. The molecule has 6 nitrogen and oxygen atoms in total. The van der Waals surface area contributed by atoms with Crippen molar-refractivity contribution in [3.05, 3.63) is 41.7 Å².